The molecule has 2 aliphatic rings. The Kier molecular flexibility index (Phi) is 2.31. The normalized spacial score (nSPS) is 19.6. The Morgan fingerprint density at radius 3 is 2.56 bits per heavy atom. The molecule has 0 radical (unpaired) electrons. The lowest BCUT2D eigenvalue weighted by atomic mass is 10.3. The Morgan fingerprint density at radius 2 is 1.88 bits per heavy atom. The van der Waals surface area contributed by atoms with E-state index in [2.05, 4.69) is 22.2 Å². The second kappa shape index (κ2) is 3.81. The van der Waals surface area contributed by atoms with Crippen LogP contribution in [0.15, 0.2) is 36.7 Å². The zero-order chi connectivity index (χ0) is 11.0. The summed E-state index contributed by atoms with van der Waals surface area (Å²) in [5, 5.41) is 0. The van der Waals surface area contributed by atoms with E-state index in [9.17, 15) is 4.39 Å². The van der Waals surface area contributed by atoms with Gasteiger partial charge < -0.3 is 9.80 Å². The van der Waals surface area contributed by atoms with E-state index in [1.807, 2.05) is 12.1 Å². The molecule has 1 aromatic carbocycles. The highest BCUT2D eigenvalue weighted by atomic mass is 19.1. The van der Waals surface area contributed by atoms with Gasteiger partial charge in [0.25, 0.3) is 0 Å². The van der Waals surface area contributed by atoms with Crippen LogP contribution in [0.3, 0.4) is 0 Å². The van der Waals surface area contributed by atoms with Crippen molar-refractivity contribution in [2.75, 3.05) is 18.1 Å². The molecule has 3 rings (SSSR count). The van der Waals surface area contributed by atoms with Gasteiger partial charge in [-0.15, -0.1) is 0 Å². The van der Waals surface area contributed by atoms with Crippen molar-refractivity contribution in [1.29, 1.82) is 0 Å². The number of rotatable bonds is 3. The summed E-state index contributed by atoms with van der Waals surface area (Å²) in [6.07, 6.45) is 6.94. The average Bonchev–Trinajstić information content (AvgIpc) is 2.97. The summed E-state index contributed by atoms with van der Waals surface area (Å²) in [6.45, 7) is 2.05. The molecule has 3 heteroatoms. The van der Waals surface area contributed by atoms with Gasteiger partial charge in [0.15, 0.2) is 0 Å². The minimum absolute atomic E-state index is 0.179. The molecule has 1 aliphatic carbocycles. The molecule has 0 unspecified atom stereocenters. The third-order valence-corrected chi connectivity index (χ3v) is 3.14. The molecule has 0 saturated heterocycles. The molecule has 0 N–H and O–H groups in total. The second-order valence-electron chi connectivity index (χ2n) is 4.60. The second-order valence-corrected chi connectivity index (χ2v) is 4.60. The largest absolute Gasteiger partial charge is 0.358 e. The smallest absolute Gasteiger partial charge is 0.123 e. The van der Waals surface area contributed by atoms with Crippen LogP contribution in [-0.4, -0.2) is 18.1 Å². The SMILES string of the molecule is Fc1ccc(N2C=CN(CC3CC3)C2)cc1. The molecule has 16 heavy (non-hydrogen) atoms. The summed E-state index contributed by atoms with van der Waals surface area (Å²) in [6, 6.07) is 6.65. The molecule has 0 amide bonds. The highest BCUT2D eigenvalue weighted by Gasteiger charge is 2.25. The van der Waals surface area contributed by atoms with Crippen molar-refractivity contribution in [2.24, 2.45) is 5.92 Å². The fourth-order valence-corrected chi connectivity index (χ4v) is 2.02. The maximum absolute atomic E-state index is 12.8. The lowest BCUT2D eigenvalue weighted by molar-refractivity contribution is 0.388. The zero-order valence-electron chi connectivity index (χ0n) is 9.14. The first-order valence-electron chi connectivity index (χ1n) is 5.76. The summed E-state index contributed by atoms with van der Waals surface area (Å²) in [5.41, 5.74) is 1.05. The zero-order valence-corrected chi connectivity index (χ0v) is 9.14. The molecule has 1 aromatic rings. The topological polar surface area (TPSA) is 6.48 Å². The molecule has 0 atom stereocenters. The van der Waals surface area contributed by atoms with Crippen molar-refractivity contribution < 1.29 is 4.39 Å². The predicted molar refractivity (Wildman–Crippen MR) is 62.3 cm³/mol. The lowest BCUT2D eigenvalue weighted by Crippen LogP contribution is -2.26. The summed E-state index contributed by atoms with van der Waals surface area (Å²) in [7, 11) is 0. The monoisotopic (exact) mass is 218 g/mol. The summed E-state index contributed by atoms with van der Waals surface area (Å²) >= 11 is 0. The lowest BCUT2D eigenvalue weighted by Gasteiger charge is -2.21. The minimum atomic E-state index is -0.179. The third-order valence-electron chi connectivity index (χ3n) is 3.14. The summed E-state index contributed by atoms with van der Waals surface area (Å²) in [4.78, 5) is 4.46. The van der Waals surface area contributed by atoms with Crippen LogP contribution >= 0.6 is 0 Å². The number of hydrogen-bond acceptors (Lipinski definition) is 2. The van der Waals surface area contributed by atoms with Crippen molar-refractivity contribution in [2.45, 2.75) is 12.8 Å². The Hall–Kier alpha value is -1.51. The van der Waals surface area contributed by atoms with Gasteiger partial charge in [-0.1, -0.05) is 0 Å². The number of anilines is 1. The Morgan fingerprint density at radius 1 is 1.12 bits per heavy atom. The maximum atomic E-state index is 12.8. The van der Waals surface area contributed by atoms with Gasteiger partial charge in [0.05, 0.1) is 6.67 Å². The molecule has 84 valence electrons. The molecule has 1 fully saturated rings. The number of benzene rings is 1. The van der Waals surface area contributed by atoms with Crippen LogP contribution in [0.1, 0.15) is 12.8 Å². The Balaban J connectivity index is 1.64. The van der Waals surface area contributed by atoms with Gasteiger partial charge in [0.2, 0.25) is 0 Å². The van der Waals surface area contributed by atoms with Crippen LogP contribution in [-0.2, 0) is 0 Å². The van der Waals surface area contributed by atoms with Gasteiger partial charge in [0.1, 0.15) is 5.82 Å². The first kappa shape index (κ1) is 9.70. The van der Waals surface area contributed by atoms with Gasteiger partial charge in [-0.3, -0.25) is 0 Å². The number of halogens is 1. The molecule has 1 heterocycles. The maximum Gasteiger partial charge on any atom is 0.123 e. The van der Waals surface area contributed by atoms with E-state index >= 15 is 0 Å². The first-order chi connectivity index (χ1) is 7.81. The molecular weight excluding hydrogens is 203 g/mol. The van der Waals surface area contributed by atoms with Crippen molar-refractivity contribution in [3.8, 4) is 0 Å². The average molecular weight is 218 g/mol. The van der Waals surface area contributed by atoms with E-state index in [1.54, 1.807) is 0 Å². The highest BCUT2D eigenvalue weighted by molar-refractivity contribution is 5.50. The van der Waals surface area contributed by atoms with Crippen molar-refractivity contribution >= 4 is 5.69 Å². The van der Waals surface area contributed by atoms with Gasteiger partial charge in [0, 0.05) is 24.6 Å². The molecular formula is C13H15FN2. The van der Waals surface area contributed by atoms with Crippen molar-refractivity contribution in [3.05, 3.63) is 42.5 Å². The van der Waals surface area contributed by atoms with Crippen LogP contribution in [0, 0.1) is 11.7 Å². The molecule has 1 aliphatic heterocycles. The molecule has 0 spiro atoms. The quantitative estimate of drug-likeness (QED) is 0.769. The van der Waals surface area contributed by atoms with Crippen LogP contribution in [0.5, 0.6) is 0 Å². The van der Waals surface area contributed by atoms with Crippen LogP contribution in [0.25, 0.3) is 0 Å². The van der Waals surface area contributed by atoms with Gasteiger partial charge in [-0.05, 0) is 43.0 Å². The van der Waals surface area contributed by atoms with E-state index in [1.165, 1.54) is 25.0 Å². The fourth-order valence-electron chi connectivity index (χ4n) is 2.02. The standard InChI is InChI=1S/C13H15FN2/c14-12-3-5-13(6-4-12)16-8-7-15(10-16)9-11-1-2-11/h3-8,11H,1-2,9-10H2. The first-order valence-corrected chi connectivity index (χ1v) is 5.76. The minimum Gasteiger partial charge on any atom is -0.358 e. The summed E-state index contributed by atoms with van der Waals surface area (Å²) < 4.78 is 12.8. The Bertz CT molecular complexity index is 395. The van der Waals surface area contributed by atoms with Gasteiger partial charge >= 0.3 is 0 Å². The predicted octanol–water partition coefficient (Wildman–Crippen LogP) is 2.79. The molecule has 1 saturated carbocycles. The molecule has 0 aromatic heterocycles. The van der Waals surface area contributed by atoms with E-state index in [0.717, 1.165) is 24.8 Å². The van der Waals surface area contributed by atoms with Crippen LogP contribution in [0.2, 0.25) is 0 Å². The number of hydrogen-bond donors (Lipinski definition) is 0. The third kappa shape index (κ3) is 2.03. The van der Waals surface area contributed by atoms with Crippen molar-refractivity contribution in [3.63, 3.8) is 0 Å². The van der Waals surface area contributed by atoms with Crippen LogP contribution < -0.4 is 4.90 Å². The Labute approximate surface area is 95.0 Å². The molecule has 0 bridgehead atoms. The molecule has 2 nitrogen and oxygen atoms in total. The fraction of sp³-hybridized carbons (Fsp3) is 0.385. The van der Waals surface area contributed by atoms with E-state index in [4.69, 9.17) is 0 Å². The van der Waals surface area contributed by atoms with E-state index < -0.39 is 0 Å². The van der Waals surface area contributed by atoms with Crippen LogP contribution in [0.4, 0.5) is 10.1 Å². The van der Waals surface area contributed by atoms with E-state index in [0.29, 0.717) is 0 Å². The highest BCUT2D eigenvalue weighted by Crippen LogP contribution is 2.31. The van der Waals surface area contributed by atoms with Crippen molar-refractivity contribution in [1.82, 2.24) is 4.90 Å². The van der Waals surface area contributed by atoms with Gasteiger partial charge in [-0.2, -0.15) is 0 Å². The number of nitrogens with zero attached hydrogens (tertiary/aromatic N) is 2. The summed E-state index contributed by atoms with van der Waals surface area (Å²) in [5.74, 6) is 0.722. The van der Waals surface area contributed by atoms with Gasteiger partial charge in [-0.25, -0.2) is 4.39 Å². The van der Waals surface area contributed by atoms with E-state index in [-0.39, 0.29) is 5.82 Å².